The molecule has 1 aliphatic rings. The smallest absolute Gasteiger partial charge is 0.290 e. The Bertz CT molecular complexity index is 904. The molecule has 5 nitrogen and oxygen atoms in total. The van der Waals surface area contributed by atoms with Gasteiger partial charge in [-0.25, -0.2) is 0 Å². The van der Waals surface area contributed by atoms with Crippen LogP contribution in [0.2, 0.25) is 0 Å². The van der Waals surface area contributed by atoms with Crippen LogP contribution in [0.1, 0.15) is 17.2 Å². The fourth-order valence-corrected chi connectivity index (χ4v) is 3.33. The molecule has 0 saturated heterocycles. The maximum Gasteiger partial charge on any atom is 0.290 e. The van der Waals surface area contributed by atoms with E-state index < -0.39 is 23.5 Å². The molecular formula is C21H18BrNO4. The second kappa shape index (κ2) is 8.33. The summed E-state index contributed by atoms with van der Waals surface area (Å²) in [6.07, 6.45) is 2.99. The van der Waals surface area contributed by atoms with Gasteiger partial charge < -0.3 is 15.1 Å². The standard InChI is InChI=1S/C21H18BrNO4/c22-16-9-7-15(8-10-16)19-18(20(26)21(27)23(19)12-13-24)17(25)11-6-14-4-2-1-3-5-14/h1-11,19,24,26H,12-13H2/b11-6+. The Morgan fingerprint density at radius 3 is 2.41 bits per heavy atom. The Hall–Kier alpha value is -2.70. The molecule has 27 heavy (non-hydrogen) atoms. The average molecular weight is 428 g/mol. The molecule has 0 spiro atoms. The van der Waals surface area contributed by atoms with Crippen molar-refractivity contribution >= 4 is 33.7 Å². The minimum atomic E-state index is -0.745. The van der Waals surface area contributed by atoms with E-state index in [0.717, 1.165) is 10.0 Å². The topological polar surface area (TPSA) is 77.8 Å². The highest BCUT2D eigenvalue weighted by Gasteiger charge is 2.42. The van der Waals surface area contributed by atoms with Crippen LogP contribution in [0.3, 0.4) is 0 Å². The Morgan fingerprint density at radius 1 is 1.11 bits per heavy atom. The minimum absolute atomic E-state index is 0.0166. The highest BCUT2D eigenvalue weighted by atomic mass is 79.9. The van der Waals surface area contributed by atoms with Crippen molar-refractivity contribution in [2.24, 2.45) is 0 Å². The molecule has 0 saturated carbocycles. The van der Waals surface area contributed by atoms with Crippen LogP contribution in [0.15, 0.2) is 76.5 Å². The Balaban J connectivity index is 1.98. The van der Waals surface area contributed by atoms with Crippen molar-refractivity contribution in [2.45, 2.75) is 6.04 Å². The largest absolute Gasteiger partial charge is 0.503 e. The number of allylic oxidation sites excluding steroid dienone is 1. The first-order valence-electron chi connectivity index (χ1n) is 8.41. The number of β-amino-alcohol motifs (C(OH)–C–C–N with tert-alkyl or cyclic N) is 1. The van der Waals surface area contributed by atoms with Gasteiger partial charge in [0, 0.05) is 11.0 Å². The van der Waals surface area contributed by atoms with Crippen molar-refractivity contribution < 1.29 is 19.8 Å². The third kappa shape index (κ3) is 4.02. The molecule has 1 unspecified atom stereocenters. The van der Waals surface area contributed by atoms with E-state index in [1.54, 1.807) is 30.3 Å². The van der Waals surface area contributed by atoms with Gasteiger partial charge in [0.1, 0.15) is 0 Å². The van der Waals surface area contributed by atoms with E-state index in [4.69, 9.17) is 0 Å². The summed E-state index contributed by atoms with van der Waals surface area (Å²) < 4.78 is 0.856. The number of aliphatic hydroxyl groups is 2. The molecule has 2 N–H and O–H groups in total. The van der Waals surface area contributed by atoms with E-state index in [1.165, 1.54) is 11.0 Å². The molecule has 2 aromatic rings. The van der Waals surface area contributed by atoms with Crippen LogP contribution in [0.25, 0.3) is 6.08 Å². The first kappa shape index (κ1) is 19.1. The van der Waals surface area contributed by atoms with Gasteiger partial charge in [0.25, 0.3) is 5.91 Å². The summed E-state index contributed by atoms with van der Waals surface area (Å²) >= 11 is 3.36. The molecule has 3 rings (SSSR count). The molecule has 6 heteroatoms. The monoisotopic (exact) mass is 427 g/mol. The number of amides is 1. The van der Waals surface area contributed by atoms with Crippen LogP contribution in [0.5, 0.6) is 0 Å². The van der Waals surface area contributed by atoms with Gasteiger partial charge in [-0.3, -0.25) is 9.59 Å². The molecule has 1 amide bonds. The maximum absolute atomic E-state index is 12.8. The molecule has 0 aromatic heterocycles. The molecule has 0 fully saturated rings. The molecule has 0 radical (unpaired) electrons. The van der Waals surface area contributed by atoms with Crippen LogP contribution in [-0.2, 0) is 9.59 Å². The SMILES string of the molecule is O=C(/C=C/c1ccccc1)C1=C(O)C(=O)N(CCO)C1c1ccc(Br)cc1. The summed E-state index contributed by atoms with van der Waals surface area (Å²) in [6.45, 7) is -0.254. The number of ketones is 1. The quantitative estimate of drug-likeness (QED) is 0.692. The number of carbonyl (C=O) groups excluding carboxylic acids is 2. The number of halogens is 1. The van der Waals surface area contributed by atoms with Crippen molar-refractivity contribution in [3.8, 4) is 0 Å². The lowest BCUT2D eigenvalue weighted by Crippen LogP contribution is -2.33. The lowest BCUT2D eigenvalue weighted by molar-refractivity contribution is -0.129. The van der Waals surface area contributed by atoms with Gasteiger partial charge in [-0.05, 0) is 29.3 Å². The van der Waals surface area contributed by atoms with Gasteiger partial charge in [-0.1, -0.05) is 64.5 Å². The number of hydrogen-bond donors (Lipinski definition) is 2. The van der Waals surface area contributed by atoms with Crippen molar-refractivity contribution in [1.29, 1.82) is 0 Å². The van der Waals surface area contributed by atoms with Crippen LogP contribution < -0.4 is 0 Å². The van der Waals surface area contributed by atoms with Gasteiger partial charge in [-0.15, -0.1) is 0 Å². The van der Waals surface area contributed by atoms with Crippen LogP contribution in [-0.4, -0.2) is 40.0 Å². The minimum Gasteiger partial charge on any atom is -0.503 e. The van der Waals surface area contributed by atoms with E-state index in [0.29, 0.717) is 5.56 Å². The van der Waals surface area contributed by atoms with Gasteiger partial charge in [0.05, 0.1) is 18.2 Å². The van der Waals surface area contributed by atoms with Crippen molar-refractivity contribution in [2.75, 3.05) is 13.2 Å². The Kier molecular flexibility index (Phi) is 5.88. The van der Waals surface area contributed by atoms with Gasteiger partial charge in [-0.2, -0.15) is 0 Å². The second-order valence-corrected chi connectivity index (χ2v) is 6.96. The fraction of sp³-hybridized carbons (Fsp3) is 0.143. The molecule has 138 valence electrons. The average Bonchev–Trinajstić information content (AvgIpc) is 2.93. The van der Waals surface area contributed by atoms with E-state index in [2.05, 4.69) is 15.9 Å². The Labute approximate surface area is 165 Å². The zero-order chi connectivity index (χ0) is 19.4. The van der Waals surface area contributed by atoms with E-state index in [9.17, 15) is 19.8 Å². The first-order chi connectivity index (χ1) is 13.0. The molecule has 1 atom stereocenters. The summed E-state index contributed by atoms with van der Waals surface area (Å²) in [5, 5.41) is 19.7. The third-order valence-electron chi connectivity index (χ3n) is 4.32. The van der Waals surface area contributed by atoms with Crippen molar-refractivity contribution in [3.05, 3.63) is 87.6 Å². The lowest BCUT2D eigenvalue weighted by Gasteiger charge is -2.25. The summed E-state index contributed by atoms with van der Waals surface area (Å²) in [5.41, 5.74) is 1.53. The molecule has 2 aromatic carbocycles. The van der Waals surface area contributed by atoms with Crippen LogP contribution in [0.4, 0.5) is 0 Å². The van der Waals surface area contributed by atoms with Crippen LogP contribution >= 0.6 is 15.9 Å². The van der Waals surface area contributed by atoms with Crippen LogP contribution in [0, 0.1) is 0 Å². The molecule has 0 bridgehead atoms. The molecule has 1 aliphatic heterocycles. The molecule has 1 heterocycles. The van der Waals surface area contributed by atoms with E-state index in [-0.39, 0.29) is 18.7 Å². The van der Waals surface area contributed by atoms with Gasteiger partial charge in [0.15, 0.2) is 11.5 Å². The summed E-state index contributed by atoms with van der Waals surface area (Å²) in [6, 6.07) is 15.7. The third-order valence-corrected chi connectivity index (χ3v) is 4.85. The number of carbonyl (C=O) groups is 2. The van der Waals surface area contributed by atoms with Gasteiger partial charge >= 0.3 is 0 Å². The predicted molar refractivity (Wildman–Crippen MR) is 106 cm³/mol. The normalized spacial score (nSPS) is 17.2. The highest BCUT2D eigenvalue weighted by Crippen LogP contribution is 2.38. The van der Waals surface area contributed by atoms with Crippen molar-refractivity contribution in [3.63, 3.8) is 0 Å². The number of nitrogens with zero attached hydrogens (tertiary/aromatic N) is 1. The lowest BCUT2D eigenvalue weighted by atomic mass is 9.95. The van der Waals surface area contributed by atoms with E-state index in [1.807, 2.05) is 30.3 Å². The number of aliphatic hydroxyl groups excluding tert-OH is 2. The summed E-state index contributed by atoms with van der Waals surface area (Å²) in [5.74, 6) is -1.68. The van der Waals surface area contributed by atoms with Gasteiger partial charge in [0.2, 0.25) is 0 Å². The number of rotatable bonds is 6. The predicted octanol–water partition coefficient (Wildman–Crippen LogP) is 3.42. The summed E-state index contributed by atoms with van der Waals surface area (Å²) in [4.78, 5) is 26.6. The second-order valence-electron chi connectivity index (χ2n) is 6.05. The molecular weight excluding hydrogens is 410 g/mol. The highest BCUT2D eigenvalue weighted by molar-refractivity contribution is 9.10. The first-order valence-corrected chi connectivity index (χ1v) is 9.20. The zero-order valence-electron chi connectivity index (χ0n) is 14.4. The fourth-order valence-electron chi connectivity index (χ4n) is 3.06. The zero-order valence-corrected chi connectivity index (χ0v) is 16.0. The maximum atomic E-state index is 12.8. The Morgan fingerprint density at radius 2 is 1.78 bits per heavy atom. The summed E-state index contributed by atoms with van der Waals surface area (Å²) in [7, 11) is 0. The number of hydrogen-bond acceptors (Lipinski definition) is 4. The molecule has 0 aliphatic carbocycles. The van der Waals surface area contributed by atoms with Crippen molar-refractivity contribution in [1.82, 2.24) is 4.90 Å². The number of benzene rings is 2. The van der Waals surface area contributed by atoms with E-state index >= 15 is 0 Å².